The molecule has 1 atom stereocenters. The fraction of sp³-hybridized carbons (Fsp3) is 0.444. The number of amides is 1. The Kier molecular flexibility index (Phi) is 5.55. The molecule has 0 aliphatic carbocycles. The number of carbonyl (C=O) groups is 1. The summed E-state index contributed by atoms with van der Waals surface area (Å²) in [6.07, 6.45) is 0.846. The number of nitrogens with zero attached hydrogens (tertiary/aromatic N) is 1. The van der Waals surface area contributed by atoms with E-state index in [1.165, 1.54) is 11.3 Å². The van der Waals surface area contributed by atoms with Crippen molar-refractivity contribution in [3.63, 3.8) is 0 Å². The molecule has 2 aromatic rings. The zero-order valence-electron chi connectivity index (χ0n) is 14.2. The van der Waals surface area contributed by atoms with E-state index in [-0.39, 0.29) is 5.91 Å². The normalized spacial score (nSPS) is 13.8. The van der Waals surface area contributed by atoms with Gasteiger partial charge in [0.15, 0.2) is 0 Å². The van der Waals surface area contributed by atoms with Crippen molar-refractivity contribution in [3.05, 3.63) is 40.9 Å². The summed E-state index contributed by atoms with van der Waals surface area (Å²) in [4.78, 5) is 17.9. The van der Waals surface area contributed by atoms with E-state index in [1.54, 1.807) is 0 Å². The summed E-state index contributed by atoms with van der Waals surface area (Å²) >= 11 is 1.43. The highest BCUT2D eigenvalue weighted by Gasteiger charge is 2.28. The largest absolute Gasteiger partial charge is 0.345 e. The minimum Gasteiger partial charge on any atom is -0.345 e. The molecule has 0 saturated carbocycles. The molecule has 5 heteroatoms. The summed E-state index contributed by atoms with van der Waals surface area (Å²) < 4.78 is 0. The maximum absolute atomic E-state index is 12.7. The topological polar surface area (TPSA) is 68.0 Å². The molecule has 0 saturated heterocycles. The highest BCUT2D eigenvalue weighted by Crippen LogP contribution is 2.28. The van der Waals surface area contributed by atoms with E-state index in [0.29, 0.717) is 17.3 Å². The van der Waals surface area contributed by atoms with Crippen molar-refractivity contribution in [2.24, 2.45) is 11.7 Å². The van der Waals surface area contributed by atoms with Crippen LogP contribution in [-0.4, -0.2) is 23.0 Å². The minimum absolute atomic E-state index is 0.0872. The third-order valence-electron chi connectivity index (χ3n) is 3.75. The SMILES string of the molecule is Cc1nc(-c2ccccc2)sc1C(=O)NC(C)(CN)CC(C)C. The van der Waals surface area contributed by atoms with Gasteiger partial charge >= 0.3 is 0 Å². The summed E-state index contributed by atoms with van der Waals surface area (Å²) in [6.45, 7) is 8.55. The van der Waals surface area contributed by atoms with Gasteiger partial charge in [0.1, 0.15) is 9.88 Å². The summed E-state index contributed by atoms with van der Waals surface area (Å²) in [5.41, 5.74) is 7.29. The van der Waals surface area contributed by atoms with E-state index < -0.39 is 5.54 Å². The Morgan fingerprint density at radius 3 is 2.57 bits per heavy atom. The fourth-order valence-electron chi connectivity index (χ4n) is 2.73. The Morgan fingerprint density at radius 2 is 2.00 bits per heavy atom. The Labute approximate surface area is 142 Å². The number of nitrogens with one attached hydrogen (secondary N) is 1. The lowest BCUT2D eigenvalue weighted by atomic mass is 9.90. The van der Waals surface area contributed by atoms with Crippen LogP contribution in [0.4, 0.5) is 0 Å². The van der Waals surface area contributed by atoms with Crippen molar-refractivity contribution >= 4 is 17.2 Å². The van der Waals surface area contributed by atoms with Gasteiger partial charge in [0.2, 0.25) is 0 Å². The Balaban J connectivity index is 2.22. The molecule has 0 radical (unpaired) electrons. The monoisotopic (exact) mass is 331 g/mol. The van der Waals surface area contributed by atoms with Crippen LogP contribution >= 0.6 is 11.3 Å². The average molecular weight is 331 g/mol. The van der Waals surface area contributed by atoms with E-state index in [4.69, 9.17) is 5.73 Å². The number of thiazole rings is 1. The second-order valence-corrected chi connectivity index (χ2v) is 7.62. The molecule has 0 spiro atoms. The number of aromatic nitrogens is 1. The third-order valence-corrected chi connectivity index (χ3v) is 4.95. The van der Waals surface area contributed by atoms with Crippen LogP contribution in [0.15, 0.2) is 30.3 Å². The van der Waals surface area contributed by atoms with Gasteiger partial charge in [-0.05, 0) is 26.2 Å². The van der Waals surface area contributed by atoms with Crippen LogP contribution < -0.4 is 11.1 Å². The standard InChI is InChI=1S/C18H25N3OS/c1-12(2)10-18(4,11-19)21-16(22)15-13(3)20-17(23-15)14-8-6-5-7-9-14/h5-9,12H,10-11,19H2,1-4H3,(H,21,22). The van der Waals surface area contributed by atoms with E-state index >= 15 is 0 Å². The molecule has 3 N–H and O–H groups in total. The first kappa shape index (κ1) is 17.6. The first-order valence-electron chi connectivity index (χ1n) is 7.90. The summed E-state index contributed by atoms with van der Waals surface area (Å²) in [6, 6.07) is 9.92. The van der Waals surface area contributed by atoms with Crippen LogP contribution in [0.1, 0.15) is 42.6 Å². The van der Waals surface area contributed by atoms with Crippen molar-refractivity contribution < 1.29 is 4.79 Å². The smallest absolute Gasteiger partial charge is 0.263 e. The molecule has 1 aromatic carbocycles. The van der Waals surface area contributed by atoms with E-state index in [1.807, 2.05) is 44.2 Å². The van der Waals surface area contributed by atoms with Crippen molar-refractivity contribution in [1.82, 2.24) is 10.3 Å². The maximum Gasteiger partial charge on any atom is 0.263 e. The molecule has 124 valence electrons. The van der Waals surface area contributed by atoms with Crippen LogP contribution in [0.5, 0.6) is 0 Å². The van der Waals surface area contributed by atoms with Gasteiger partial charge < -0.3 is 11.1 Å². The van der Waals surface area contributed by atoms with Gasteiger partial charge in [-0.15, -0.1) is 11.3 Å². The van der Waals surface area contributed by atoms with Crippen LogP contribution in [0.2, 0.25) is 0 Å². The summed E-state index contributed by atoms with van der Waals surface area (Å²) in [5.74, 6) is 0.377. The zero-order valence-corrected chi connectivity index (χ0v) is 15.0. The zero-order chi connectivity index (χ0) is 17.0. The van der Waals surface area contributed by atoms with Crippen LogP contribution in [-0.2, 0) is 0 Å². The molecule has 1 unspecified atom stereocenters. The first-order chi connectivity index (χ1) is 10.8. The van der Waals surface area contributed by atoms with Crippen molar-refractivity contribution in [1.29, 1.82) is 0 Å². The molecule has 1 heterocycles. The van der Waals surface area contributed by atoms with Crippen molar-refractivity contribution in [3.8, 4) is 10.6 Å². The average Bonchev–Trinajstić information content (AvgIpc) is 2.89. The third kappa shape index (κ3) is 4.39. The Hall–Kier alpha value is -1.72. The Morgan fingerprint density at radius 1 is 1.35 bits per heavy atom. The van der Waals surface area contributed by atoms with Gasteiger partial charge in [-0.25, -0.2) is 4.98 Å². The second kappa shape index (κ2) is 7.23. The number of nitrogens with two attached hydrogens (primary N) is 1. The van der Waals surface area contributed by atoms with Crippen molar-refractivity contribution in [2.45, 2.75) is 39.7 Å². The molecular weight excluding hydrogens is 306 g/mol. The molecule has 4 nitrogen and oxygen atoms in total. The van der Waals surface area contributed by atoms with Gasteiger partial charge in [-0.3, -0.25) is 4.79 Å². The lowest BCUT2D eigenvalue weighted by Crippen LogP contribution is -2.52. The molecule has 0 aliphatic heterocycles. The predicted molar refractivity (Wildman–Crippen MR) is 96.7 cm³/mol. The van der Waals surface area contributed by atoms with Gasteiger partial charge in [-0.1, -0.05) is 44.2 Å². The lowest BCUT2D eigenvalue weighted by molar-refractivity contribution is 0.0901. The number of aryl methyl sites for hydroxylation is 1. The van der Waals surface area contributed by atoms with Gasteiger partial charge in [0.25, 0.3) is 5.91 Å². The van der Waals surface area contributed by atoms with Gasteiger partial charge in [0.05, 0.1) is 11.2 Å². The molecule has 2 rings (SSSR count). The molecule has 0 aliphatic rings. The van der Waals surface area contributed by atoms with Crippen LogP contribution in [0, 0.1) is 12.8 Å². The van der Waals surface area contributed by atoms with Crippen molar-refractivity contribution in [2.75, 3.05) is 6.54 Å². The molecule has 1 aromatic heterocycles. The lowest BCUT2D eigenvalue weighted by Gasteiger charge is -2.31. The number of hydrogen-bond donors (Lipinski definition) is 2. The van der Waals surface area contributed by atoms with Crippen LogP contribution in [0.25, 0.3) is 10.6 Å². The summed E-state index contributed by atoms with van der Waals surface area (Å²) in [5, 5.41) is 3.97. The van der Waals surface area contributed by atoms with E-state index in [2.05, 4.69) is 24.1 Å². The maximum atomic E-state index is 12.7. The fourth-order valence-corrected chi connectivity index (χ4v) is 3.70. The highest BCUT2D eigenvalue weighted by atomic mass is 32.1. The molecule has 23 heavy (non-hydrogen) atoms. The minimum atomic E-state index is -0.394. The van der Waals surface area contributed by atoms with Gasteiger partial charge in [0, 0.05) is 12.1 Å². The predicted octanol–water partition coefficient (Wildman–Crippen LogP) is 3.61. The number of benzene rings is 1. The highest BCUT2D eigenvalue weighted by molar-refractivity contribution is 7.17. The molecule has 0 bridgehead atoms. The Bertz CT molecular complexity index is 666. The quantitative estimate of drug-likeness (QED) is 0.849. The molecular formula is C18H25N3OS. The summed E-state index contributed by atoms with van der Waals surface area (Å²) in [7, 11) is 0. The van der Waals surface area contributed by atoms with Gasteiger partial charge in [-0.2, -0.15) is 0 Å². The van der Waals surface area contributed by atoms with Crippen LogP contribution in [0.3, 0.4) is 0 Å². The van der Waals surface area contributed by atoms with E-state index in [9.17, 15) is 4.79 Å². The van der Waals surface area contributed by atoms with E-state index in [0.717, 1.165) is 22.7 Å². The number of rotatable bonds is 6. The first-order valence-corrected chi connectivity index (χ1v) is 8.72. The molecule has 0 fully saturated rings. The number of carbonyl (C=O) groups excluding carboxylic acids is 1. The number of hydrogen-bond acceptors (Lipinski definition) is 4. The molecule has 1 amide bonds. The second-order valence-electron chi connectivity index (χ2n) is 6.62.